The molecular weight excluding hydrogens is 478 g/mol. The van der Waals surface area contributed by atoms with Crippen LogP contribution >= 0.6 is 0 Å². The van der Waals surface area contributed by atoms with Gasteiger partial charge in [-0.2, -0.15) is 0 Å². The number of methoxy groups -OCH3 is 1. The summed E-state index contributed by atoms with van der Waals surface area (Å²) in [6, 6.07) is 3.36. The average molecular weight is 514 g/mol. The van der Waals surface area contributed by atoms with Crippen molar-refractivity contribution in [2.45, 2.75) is 70.2 Å². The second-order valence-electron chi connectivity index (χ2n) is 10.9. The van der Waals surface area contributed by atoms with Crippen LogP contribution < -0.4 is 0 Å². The predicted octanol–water partition coefficient (Wildman–Crippen LogP) is 2.61. The van der Waals surface area contributed by atoms with Crippen LogP contribution in [0.2, 0.25) is 0 Å². The number of aliphatic hydroxyl groups excluding tert-OH is 1. The van der Waals surface area contributed by atoms with Crippen LogP contribution in [-0.2, 0) is 28.5 Å². The van der Waals surface area contributed by atoms with Crippen molar-refractivity contribution in [2.75, 3.05) is 7.11 Å². The Kier molecular flexibility index (Phi) is 6.66. The average Bonchev–Trinajstić information content (AvgIpc) is 3.46. The first kappa shape index (κ1) is 25.9. The topological polar surface area (TPSA) is 124 Å². The molecule has 1 saturated heterocycles. The molecule has 0 aromatic carbocycles. The number of aromatic nitrogens is 1. The largest absolute Gasteiger partial charge is 0.455 e. The van der Waals surface area contributed by atoms with E-state index in [4.69, 9.17) is 18.9 Å². The van der Waals surface area contributed by atoms with E-state index in [2.05, 4.69) is 4.98 Å². The molecule has 1 aromatic heterocycles. The van der Waals surface area contributed by atoms with Gasteiger partial charge in [-0.25, -0.2) is 9.59 Å². The minimum atomic E-state index is -0.963. The SMILES string of the molecule is CO[C@H]1C[C@H]2C=C[C@H]3[C@H]4O[C@]2(/C(C)=C/[C@@H](C)[C@@H](C(C)=O)OC1=O)[C@@H]3[C@H](O)[C@@H](C)[C@H]4OC(=O)c1ccc[nH]1. The molecule has 9 nitrogen and oxygen atoms in total. The molecule has 1 aromatic rings. The molecule has 1 saturated carbocycles. The van der Waals surface area contributed by atoms with Gasteiger partial charge < -0.3 is 29.0 Å². The van der Waals surface area contributed by atoms with Crippen molar-refractivity contribution in [2.24, 2.45) is 29.6 Å². The van der Waals surface area contributed by atoms with Crippen molar-refractivity contribution < 1.29 is 38.4 Å². The van der Waals surface area contributed by atoms with Gasteiger partial charge in [-0.3, -0.25) is 4.79 Å². The lowest BCUT2D eigenvalue weighted by molar-refractivity contribution is -0.169. The van der Waals surface area contributed by atoms with Crippen molar-refractivity contribution in [3.05, 3.63) is 47.8 Å². The molecule has 4 aliphatic rings. The zero-order valence-corrected chi connectivity index (χ0v) is 21.7. The standard InChI is InChI=1S/C28H35NO8/c1-13-11-14(2)28-17(12-20(34-5)27(33)35-23(13)16(4)30)8-9-18-21(28)22(31)15(3)24(25(18)37-28)36-26(32)19-7-6-10-29-19/h6-11,13,15,17-18,20-25,29,31H,12H2,1-5H3/b14-11+/t13-,15-,17-,18-,20+,21+,22-,23+,24-,25-,28+/m1/s1. The number of cyclic esters (lactones) is 1. The zero-order valence-electron chi connectivity index (χ0n) is 21.7. The van der Waals surface area contributed by atoms with Gasteiger partial charge in [-0.1, -0.05) is 32.1 Å². The molecule has 9 heteroatoms. The highest BCUT2D eigenvalue weighted by Gasteiger charge is 2.69. The first-order chi connectivity index (χ1) is 17.6. The van der Waals surface area contributed by atoms with Gasteiger partial charge in [-0.05, 0) is 38.0 Å². The van der Waals surface area contributed by atoms with Crippen LogP contribution in [0.1, 0.15) is 44.6 Å². The highest BCUT2D eigenvalue weighted by atomic mass is 16.6. The summed E-state index contributed by atoms with van der Waals surface area (Å²) in [4.78, 5) is 41.2. The summed E-state index contributed by atoms with van der Waals surface area (Å²) >= 11 is 0. The third kappa shape index (κ3) is 3.99. The maximum Gasteiger partial charge on any atom is 0.355 e. The molecule has 5 rings (SSSR count). The number of Topliss-reactive ketones (excluding diaryl/α,β-unsaturated/α-hetero) is 1. The van der Waals surface area contributed by atoms with E-state index in [9.17, 15) is 19.5 Å². The molecule has 2 fully saturated rings. The number of rotatable bonds is 4. The Morgan fingerprint density at radius 3 is 2.65 bits per heavy atom. The summed E-state index contributed by atoms with van der Waals surface area (Å²) in [6.07, 6.45) is 4.01. The number of ether oxygens (including phenoxy) is 4. The van der Waals surface area contributed by atoms with Crippen LogP contribution in [0.5, 0.6) is 0 Å². The van der Waals surface area contributed by atoms with Crippen molar-refractivity contribution in [3.63, 3.8) is 0 Å². The molecular formula is C28H35NO8. The predicted molar refractivity (Wildman–Crippen MR) is 131 cm³/mol. The first-order valence-corrected chi connectivity index (χ1v) is 12.9. The van der Waals surface area contributed by atoms with Gasteiger partial charge in [0.2, 0.25) is 0 Å². The Morgan fingerprint density at radius 2 is 2.00 bits per heavy atom. The lowest BCUT2D eigenvalue weighted by atomic mass is 9.57. The fourth-order valence-corrected chi connectivity index (χ4v) is 7.04. The number of hydrogen-bond donors (Lipinski definition) is 2. The van der Waals surface area contributed by atoms with Crippen LogP contribution in [0.3, 0.4) is 0 Å². The first-order valence-electron chi connectivity index (χ1n) is 12.9. The number of aromatic amines is 1. The maximum atomic E-state index is 13.0. The van der Waals surface area contributed by atoms with Gasteiger partial charge in [0.05, 0.1) is 6.10 Å². The van der Waals surface area contributed by atoms with Crippen molar-refractivity contribution in [1.82, 2.24) is 4.98 Å². The molecule has 1 spiro atoms. The minimum absolute atomic E-state index is 0.193. The molecule has 2 aliphatic carbocycles. The number of ketones is 1. The van der Waals surface area contributed by atoms with Gasteiger partial charge >= 0.3 is 11.9 Å². The maximum absolute atomic E-state index is 13.0. The van der Waals surface area contributed by atoms with Crippen LogP contribution in [0.4, 0.5) is 0 Å². The van der Waals surface area contributed by atoms with E-state index < -0.39 is 54.0 Å². The Labute approximate surface area is 216 Å². The number of nitrogens with one attached hydrogen (secondary N) is 1. The molecule has 0 unspecified atom stereocenters. The zero-order chi connectivity index (χ0) is 26.6. The fourth-order valence-electron chi connectivity index (χ4n) is 7.04. The molecule has 0 radical (unpaired) electrons. The van der Waals surface area contributed by atoms with E-state index in [1.165, 1.54) is 14.0 Å². The highest BCUT2D eigenvalue weighted by Crippen LogP contribution is 2.61. The van der Waals surface area contributed by atoms with Gasteiger partial charge in [0, 0.05) is 42.9 Å². The fraction of sp³-hybridized carbons (Fsp3) is 0.607. The monoisotopic (exact) mass is 513 g/mol. The van der Waals surface area contributed by atoms with Gasteiger partial charge in [0.15, 0.2) is 18.0 Å². The van der Waals surface area contributed by atoms with E-state index in [0.29, 0.717) is 5.69 Å². The molecule has 37 heavy (non-hydrogen) atoms. The van der Waals surface area contributed by atoms with E-state index in [0.717, 1.165) is 5.57 Å². The summed E-state index contributed by atoms with van der Waals surface area (Å²) in [5, 5.41) is 11.7. The van der Waals surface area contributed by atoms with E-state index >= 15 is 0 Å². The van der Waals surface area contributed by atoms with Crippen molar-refractivity contribution >= 4 is 17.7 Å². The number of aliphatic hydroxyl groups is 1. The summed E-state index contributed by atoms with van der Waals surface area (Å²) in [6.45, 7) is 7.05. The van der Waals surface area contributed by atoms with Crippen LogP contribution in [0.15, 0.2) is 42.1 Å². The van der Waals surface area contributed by atoms with Crippen LogP contribution in [0.25, 0.3) is 0 Å². The Bertz CT molecular complexity index is 1130. The van der Waals surface area contributed by atoms with E-state index in [1.807, 2.05) is 39.0 Å². The number of carbonyl (C=O) groups excluding carboxylic acids is 3. The second-order valence-corrected chi connectivity index (χ2v) is 10.9. The highest BCUT2D eigenvalue weighted by molar-refractivity contribution is 5.87. The number of hydrogen-bond acceptors (Lipinski definition) is 8. The molecule has 0 amide bonds. The van der Waals surface area contributed by atoms with E-state index in [-0.39, 0.29) is 35.9 Å². The van der Waals surface area contributed by atoms with Gasteiger partial charge in [0.25, 0.3) is 0 Å². The van der Waals surface area contributed by atoms with Crippen LogP contribution in [-0.4, -0.2) is 71.0 Å². The molecule has 2 N–H and O–H groups in total. The molecule has 4 bridgehead atoms. The number of esters is 2. The lowest BCUT2D eigenvalue weighted by Crippen LogP contribution is -2.57. The third-order valence-electron chi connectivity index (χ3n) is 8.81. The lowest BCUT2D eigenvalue weighted by Gasteiger charge is -2.48. The van der Waals surface area contributed by atoms with Crippen molar-refractivity contribution in [1.29, 1.82) is 0 Å². The molecule has 2 aliphatic heterocycles. The molecule has 3 heterocycles. The quantitative estimate of drug-likeness (QED) is 0.465. The smallest absolute Gasteiger partial charge is 0.355 e. The Balaban J connectivity index is 1.58. The molecule has 200 valence electrons. The Morgan fingerprint density at radius 1 is 1.24 bits per heavy atom. The van der Waals surface area contributed by atoms with E-state index in [1.54, 1.807) is 18.3 Å². The second kappa shape index (κ2) is 9.53. The number of carbonyl (C=O) groups is 3. The Hall–Kier alpha value is -2.75. The third-order valence-corrected chi connectivity index (χ3v) is 8.81. The molecule has 11 atom stereocenters. The summed E-state index contributed by atoms with van der Waals surface area (Å²) in [5.74, 6) is -2.99. The minimum Gasteiger partial charge on any atom is -0.455 e. The number of H-pyrrole nitrogens is 1. The van der Waals surface area contributed by atoms with Crippen molar-refractivity contribution in [3.8, 4) is 0 Å². The summed E-state index contributed by atoms with van der Waals surface area (Å²) in [7, 11) is 1.44. The normalized spacial score (nSPS) is 44.3. The summed E-state index contributed by atoms with van der Waals surface area (Å²) < 4.78 is 24.0. The van der Waals surface area contributed by atoms with Gasteiger partial charge in [0.1, 0.15) is 23.5 Å². The van der Waals surface area contributed by atoms with Gasteiger partial charge in [-0.15, -0.1) is 0 Å². The summed E-state index contributed by atoms with van der Waals surface area (Å²) in [5.41, 5.74) is 0.222. The van der Waals surface area contributed by atoms with Crippen LogP contribution in [0, 0.1) is 29.6 Å².